The van der Waals surface area contributed by atoms with E-state index in [1.807, 2.05) is 0 Å². The van der Waals surface area contributed by atoms with Gasteiger partial charge in [-0.1, -0.05) is 12.8 Å². The number of carbonyl (C=O) groups is 1. The zero-order valence-electron chi connectivity index (χ0n) is 11.2. The Labute approximate surface area is 118 Å². The van der Waals surface area contributed by atoms with Crippen LogP contribution in [0.1, 0.15) is 32.1 Å². The molecule has 6 nitrogen and oxygen atoms in total. The Hall–Kier alpha value is -1.63. The lowest BCUT2D eigenvalue weighted by atomic mass is 10.3. The van der Waals surface area contributed by atoms with E-state index in [9.17, 15) is 13.2 Å². The number of pyridine rings is 1. The van der Waals surface area contributed by atoms with Crippen LogP contribution in [-0.2, 0) is 14.6 Å². The third-order valence-corrected chi connectivity index (χ3v) is 5.75. The normalized spacial score (nSPS) is 16.2. The van der Waals surface area contributed by atoms with Crippen LogP contribution in [0, 0.1) is 0 Å². The number of nitrogen functional groups attached to an aromatic ring is 1. The van der Waals surface area contributed by atoms with E-state index in [-0.39, 0.29) is 23.3 Å². The molecule has 0 unspecified atom stereocenters. The average molecular weight is 297 g/mol. The molecular weight excluding hydrogens is 278 g/mol. The number of amides is 1. The first-order chi connectivity index (χ1) is 9.47. The number of aromatic nitrogens is 1. The lowest BCUT2D eigenvalue weighted by Crippen LogP contribution is -2.24. The maximum Gasteiger partial charge on any atom is 0.225 e. The summed E-state index contributed by atoms with van der Waals surface area (Å²) in [7, 11) is -3.15. The van der Waals surface area contributed by atoms with Crippen LogP contribution in [0.4, 0.5) is 11.5 Å². The van der Waals surface area contributed by atoms with Gasteiger partial charge in [-0.2, -0.15) is 0 Å². The summed E-state index contributed by atoms with van der Waals surface area (Å²) < 4.78 is 24.1. The Balaban J connectivity index is 1.84. The van der Waals surface area contributed by atoms with E-state index in [1.165, 1.54) is 6.20 Å². The maximum atomic E-state index is 12.0. The second-order valence-electron chi connectivity index (χ2n) is 5.04. The molecule has 0 aliphatic heterocycles. The molecule has 0 atom stereocenters. The summed E-state index contributed by atoms with van der Waals surface area (Å²) in [6, 6.07) is 3.20. The Morgan fingerprint density at radius 1 is 1.35 bits per heavy atom. The first-order valence-corrected chi connectivity index (χ1v) is 8.42. The van der Waals surface area contributed by atoms with Crippen molar-refractivity contribution in [3.05, 3.63) is 18.3 Å². The molecular formula is C13H19N3O3S. The molecule has 1 heterocycles. The predicted octanol–water partition coefficient (Wildman–Crippen LogP) is 1.35. The van der Waals surface area contributed by atoms with Gasteiger partial charge < -0.3 is 11.1 Å². The molecule has 20 heavy (non-hydrogen) atoms. The van der Waals surface area contributed by atoms with Crippen molar-refractivity contribution in [2.24, 2.45) is 0 Å². The number of hydrogen-bond donors (Lipinski definition) is 2. The van der Waals surface area contributed by atoms with Crippen LogP contribution in [0.3, 0.4) is 0 Å². The van der Waals surface area contributed by atoms with E-state index < -0.39 is 9.84 Å². The second kappa shape index (κ2) is 6.21. The zero-order valence-corrected chi connectivity index (χ0v) is 12.0. The SMILES string of the molecule is Nc1ccc(NC(=O)CCS(=O)(=O)C2CCCC2)cn1. The van der Waals surface area contributed by atoms with Gasteiger partial charge in [0.15, 0.2) is 9.84 Å². The van der Waals surface area contributed by atoms with Crippen LogP contribution in [0.25, 0.3) is 0 Å². The van der Waals surface area contributed by atoms with Crippen LogP contribution in [-0.4, -0.2) is 30.3 Å². The number of sulfone groups is 1. The van der Waals surface area contributed by atoms with Crippen LogP contribution >= 0.6 is 0 Å². The predicted molar refractivity (Wildman–Crippen MR) is 77.9 cm³/mol. The van der Waals surface area contributed by atoms with Gasteiger partial charge in [0.2, 0.25) is 5.91 Å². The highest BCUT2D eigenvalue weighted by molar-refractivity contribution is 7.92. The molecule has 0 bridgehead atoms. The van der Waals surface area contributed by atoms with Crippen molar-refractivity contribution in [1.29, 1.82) is 0 Å². The molecule has 0 aromatic carbocycles. The highest BCUT2D eigenvalue weighted by Gasteiger charge is 2.28. The fourth-order valence-corrected chi connectivity index (χ4v) is 4.21. The third kappa shape index (κ3) is 3.93. The standard InChI is InChI=1S/C13H19N3O3S/c14-12-6-5-10(9-15-12)16-13(17)7-8-20(18,19)11-3-1-2-4-11/h5-6,9,11H,1-4,7-8H2,(H2,14,15)(H,16,17). The van der Waals surface area contributed by atoms with Crippen molar-refractivity contribution in [3.8, 4) is 0 Å². The van der Waals surface area contributed by atoms with E-state index in [1.54, 1.807) is 12.1 Å². The summed E-state index contributed by atoms with van der Waals surface area (Å²) in [6.45, 7) is 0. The van der Waals surface area contributed by atoms with Crippen molar-refractivity contribution < 1.29 is 13.2 Å². The van der Waals surface area contributed by atoms with Crippen LogP contribution in [0.15, 0.2) is 18.3 Å². The fourth-order valence-electron chi connectivity index (χ4n) is 2.35. The lowest BCUT2D eigenvalue weighted by molar-refractivity contribution is -0.115. The minimum atomic E-state index is -3.15. The molecule has 0 radical (unpaired) electrons. The summed E-state index contributed by atoms with van der Waals surface area (Å²) in [6.07, 6.45) is 4.81. The molecule has 1 aliphatic rings. The smallest absolute Gasteiger partial charge is 0.225 e. The molecule has 0 saturated heterocycles. The van der Waals surface area contributed by atoms with Gasteiger partial charge in [0, 0.05) is 6.42 Å². The van der Waals surface area contributed by atoms with E-state index in [4.69, 9.17) is 5.73 Å². The summed E-state index contributed by atoms with van der Waals surface area (Å²) >= 11 is 0. The number of anilines is 2. The topological polar surface area (TPSA) is 102 Å². The number of hydrogen-bond acceptors (Lipinski definition) is 5. The van der Waals surface area contributed by atoms with E-state index in [2.05, 4.69) is 10.3 Å². The number of nitrogens with zero attached hydrogens (tertiary/aromatic N) is 1. The van der Waals surface area contributed by atoms with Crippen LogP contribution in [0.2, 0.25) is 0 Å². The molecule has 1 aromatic heterocycles. The lowest BCUT2D eigenvalue weighted by Gasteiger charge is -2.10. The molecule has 7 heteroatoms. The Bertz CT molecular complexity index is 563. The quantitative estimate of drug-likeness (QED) is 0.854. The van der Waals surface area contributed by atoms with Crippen molar-refractivity contribution in [3.63, 3.8) is 0 Å². The first kappa shape index (κ1) is 14.8. The maximum absolute atomic E-state index is 12.0. The van der Waals surface area contributed by atoms with Gasteiger partial charge in [-0.15, -0.1) is 0 Å². The van der Waals surface area contributed by atoms with Crippen molar-refractivity contribution in [2.75, 3.05) is 16.8 Å². The van der Waals surface area contributed by atoms with Gasteiger partial charge in [0.25, 0.3) is 0 Å². The van der Waals surface area contributed by atoms with Crippen molar-refractivity contribution in [1.82, 2.24) is 4.98 Å². The average Bonchev–Trinajstić information content (AvgIpc) is 2.94. The molecule has 110 valence electrons. The molecule has 0 spiro atoms. The molecule has 1 fully saturated rings. The van der Waals surface area contributed by atoms with Gasteiger partial charge in [-0.25, -0.2) is 13.4 Å². The third-order valence-electron chi connectivity index (χ3n) is 3.49. The molecule has 1 aliphatic carbocycles. The minimum Gasteiger partial charge on any atom is -0.384 e. The molecule has 3 N–H and O–H groups in total. The fraction of sp³-hybridized carbons (Fsp3) is 0.538. The Kier molecular flexibility index (Phi) is 4.59. The van der Waals surface area contributed by atoms with Crippen LogP contribution in [0.5, 0.6) is 0 Å². The summed E-state index contributed by atoms with van der Waals surface area (Å²) in [4.78, 5) is 15.6. The van der Waals surface area contributed by atoms with Gasteiger partial charge in [-0.3, -0.25) is 4.79 Å². The molecule has 2 rings (SSSR count). The van der Waals surface area contributed by atoms with E-state index in [0.29, 0.717) is 11.5 Å². The minimum absolute atomic E-state index is 0.0246. The van der Waals surface area contributed by atoms with Crippen molar-refractivity contribution in [2.45, 2.75) is 37.4 Å². The summed E-state index contributed by atoms with van der Waals surface area (Å²) in [5.74, 6) is -0.0451. The summed E-state index contributed by atoms with van der Waals surface area (Å²) in [5, 5.41) is 2.35. The number of carbonyl (C=O) groups excluding carboxylic acids is 1. The molecule has 1 aromatic rings. The van der Waals surface area contributed by atoms with E-state index >= 15 is 0 Å². The molecule has 1 saturated carbocycles. The van der Waals surface area contributed by atoms with Gasteiger partial charge in [-0.05, 0) is 25.0 Å². The Morgan fingerprint density at radius 2 is 2.05 bits per heavy atom. The van der Waals surface area contributed by atoms with Crippen molar-refractivity contribution >= 4 is 27.2 Å². The number of nitrogens with two attached hydrogens (primary N) is 1. The largest absolute Gasteiger partial charge is 0.384 e. The monoisotopic (exact) mass is 297 g/mol. The van der Waals surface area contributed by atoms with Gasteiger partial charge in [0.05, 0.1) is 22.9 Å². The number of rotatable bonds is 5. The van der Waals surface area contributed by atoms with E-state index in [0.717, 1.165) is 25.7 Å². The molecule has 1 amide bonds. The Morgan fingerprint density at radius 3 is 2.65 bits per heavy atom. The van der Waals surface area contributed by atoms with Gasteiger partial charge >= 0.3 is 0 Å². The highest BCUT2D eigenvalue weighted by atomic mass is 32.2. The van der Waals surface area contributed by atoms with Crippen LogP contribution < -0.4 is 11.1 Å². The first-order valence-electron chi connectivity index (χ1n) is 6.70. The number of nitrogens with one attached hydrogen (secondary N) is 1. The summed E-state index contributed by atoms with van der Waals surface area (Å²) in [5.41, 5.74) is 5.96. The van der Waals surface area contributed by atoms with Gasteiger partial charge in [0.1, 0.15) is 5.82 Å². The zero-order chi connectivity index (χ0) is 14.6. The second-order valence-corrected chi connectivity index (χ2v) is 7.44. The highest BCUT2D eigenvalue weighted by Crippen LogP contribution is 2.25.